The van der Waals surface area contributed by atoms with Gasteiger partial charge in [0.2, 0.25) is 5.91 Å². The molecule has 1 atom stereocenters. The molecule has 37 heavy (non-hydrogen) atoms. The number of anilines is 1. The number of nitrogens with zero attached hydrogens (tertiary/aromatic N) is 3. The Hall–Kier alpha value is -4.37. The molecule has 0 saturated carbocycles. The lowest BCUT2D eigenvalue weighted by molar-refractivity contribution is -0.139. The monoisotopic (exact) mass is 513 g/mol. The number of thiazole rings is 1. The van der Waals surface area contributed by atoms with Gasteiger partial charge in [-0.15, -0.1) is 0 Å². The molecule has 2 aliphatic rings. The first-order valence-electron chi connectivity index (χ1n) is 11.7. The van der Waals surface area contributed by atoms with Gasteiger partial charge in [0, 0.05) is 12.5 Å². The maximum Gasteiger partial charge on any atom is 0.338 e. The van der Waals surface area contributed by atoms with Crippen LogP contribution in [0.5, 0.6) is 0 Å². The normalized spacial score (nSPS) is 18.1. The number of imide groups is 1. The van der Waals surface area contributed by atoms with Gasteiger partial charge in [-0.3, -0.25) is 19.0 Å². The molecule has 0 bridgehead atoms. The largest absolute Gasteiger partial charge is 0.463 e. The highest BCUT2D eigenvalue weighted by Gasteiger charge is 2.37. The molecular weight excluding hydrogens is 490 g/mol. The van der Waals surface area contributed by atoms with Gasteiger partial charge >= 0.3 is 5.97 Å². The number of esters is 1. The van der Waals surface area contributed by atoms with E-state index in [-0.39, 0.29) is 22.3 Å². The van der Waals surface area contributed by atoms with Crippen molar-refractivity contribution in [1.82, 2.24) is 4.57 Å². The summed E-state index contributed by atoms with van der Waals surface area (Å²) in [4.78, 5) is 58.5. The zero-order chi connectivity index (χ0) is 26.3. The predicted molar refractivity (Wildman–Crippen MR) is 140 cm³/mol. The average molecular weight is 514 g/mol. The minimum absolute atomic E-state index is 0.152. The van der Waals surface area contributed by atoms with Crippen molar-refractivity contribution in [2.24, 2.45) is 4.99 Å². The van der Waals surface area contributed by atoms with Crippen LogP contribution < -0.4 is 19.8 Å². The first-order chi connectivity index (χ1) is 17.8. The SMILES string of the molecule is CCOC(=O)C1=C(C)N=c2s/c(=C3\C(=O)N(C(C)=O)c4ccccc43)c(=O)n2[C@@H]1/C=C/c1ccccc1. The van der Waals surface area contributed by atoms with Gasteiger partial charge in [0.1, 0.15) is 4.53 Å². The average Bonchev–Trinajstić information content (AvgIpc) is 3.35. The van der Waals surface area contributed by atoms with Crippen LogP contribution in [-0.4, -0.2) is 29.0 Å². The fourth-order valence-corrected chi connectivity index (χ4v) is 5.73. The molecule has 186 valence electrons. The summed E-state index contributed by atoms with van der Waals surface area (Å²) in [6.45, 7) is 4.89. The van der Waals surface area contributed by atoms with Crippen molar-refractivity contribution >= 4 is 46.5 Å². The summed E-state index contributed by atoms with van der Waals surface area (Å²) in [5.41, 5.74) is 2.20. The molecular formula is C28H23N3O5S. The van der Waals surface area contributed by atoms with Crippen molar-refractivity contribution in [2.45, 2.75) is 26.8 Å². The van der Waals surface area contributed by atoms with E-state index in [0.717, 1.165) is 21.8 Å². The number of aromatic nitrogens is 1. The van der Waals surface area contributed by atoms with Crippen LogP contribution in [0.2, 0.25) is 0 Å². The van der Waals surface area contributed by atoms with Crippen molar-refractivity contribution in [3.05, 3.63) is 103 Å². The fraction of sp³-hybridized carbons (Fsp3) is 0.179. The van der Waals surface area contributed by atoms with Crippen LogP contribution in [0, 0.1) is 0 Å². The summed E-state index contributed by atoms with van der Waals surface area (Å²) in [6, 6.07) is 15.6. The van der Waals surface area contributed by atoms with Crippen LogP contribution in [0.25, 0.3) is 11.6 Å². The molecule has 5 rings (SSSR count). The summed E-state index contributed by atoms with van der Waals surface area (Å²) in [7, 11) is 0. The Morgan fingerprint density at radius 2 is 1.78 bits per heavy atom. The van der Waals surface area contributed by atoms with Gasteiger partial charge in [-0.05, 0) is 25.5 Å². The number of amides is 2. The van der Waals surface area contributed by atoms with E-state index in [9.17, 15) is 19.2 Å². The third-order valence-corrected chi connectivity index (χ3v) is 7.23. The highest BCUT2D eigenvalue weighted by atomic mass is 32.1. The molecule has 8 nitrogen and oxygen atoms in total. The standard InChI is InChI=1S/C28H23N3O5S/c1-4-36-27(35)22-16(2)29-28-31(21(22)15-14-18-10-6-5-7-11-18)26(34)24(37-28)23-19-12-8-9-13-20(19)30(17(3)32)25(23)33/h5-15,21H,4H2,1-3H3/b15-14+,24-23-/t21-/m1/s1. The Morgan fingerprint density at radius 1 is 1.08 bits per heavy atom. The molecule has 0 radical (unpaired) electrons. The van der Waals surface area contributed by atoms with Crippen molar-refractivity contribution in [1.29, 1.82) is 0 Å². The minimum atomic E-state index is -0.791. The third kappa shape index (κ3) is 4.07. The molecule has 0 aliphatic carbocycles. The number of para-hydroxylation sites is 1. The van der Waals surface area contributed by atoms with Crippen molar-refractivity contribution in [3.8, 4) is 0 Å². The van der Waals surface area contributed by atoms with Crippen LogP contribution in [0.4, 0.5) is 5.69 Å². The van der Waals surface area contributed by atoms with Crippen LogP contribution in [-0.2, 0) is 19.1 Å². The first-order valence-corrected chi connectivity index (χ1v) is 12.5. The molecule has 1 aromatic heterocycles. The van der Waals surface area contributed by atoms with Gasteiger partial charge in [0.25, 0.3) is 11.5 Å². The zero-order valence-electron chi connectivity index (χ0n) is 20.4. The van der Waals surface area contributed by atoms with Crippen molar-refractivity contribution < 1.29 is 19.1 Å². The van der Waals surface area contributed by atoms with E-state index < -0.39 is 29.4 Å². The molecule has 2 amide bonds. The molecule has 3 aromatic rings. The van der Waals surface area contributed by atoms with Crippen LogP contribution in [0.3, 0.4) is 0 Å². The number of hydrogen-bond acceptors (Lipinski definition) is 7. The molecule has 2 aliphatic heterocycles. The van der Waals surface area contributed by atoms with Crippen LogP contribution >= 0.6 is 11.3 Å². The van der Waals surface area contributed by atoms with E-state index in [0.29, 0.717) is 21.7 Å². The number of carbonyl (C=O) groups excluding carboxylic acids is 3. The summed E-state index contributed by atoms with van der Waals surface area (Å²) in [5, 5.41) is 0. The Morgan fingerprint density at radius 3 is 2.49 bits per heavy atom. The maximum atomic E-state index is 13.9. The lowest BCUT2D eigenvalue weighted by atomic mass is 10.0. The summed E-state index contributed by atoms with van der Waals surface area (Å²) < 4.78 is 6.87. The number of allylic oxidation sites excluding steroid dienone is 2. The molecule has 9 heteroatoms. The number of fused-ring (bicyclic) bond motifs is 2. The smallest absolute Gasteiger partial charge is 0.338 e. The van der Waals surface area contributed by atoms with Gasteiger partial charge in [0.15, 0.2) is 4.80 Å². The second-order valence-corrected chi connectivity index (χ2v) is 9.46. The number of carbonyl (C=O) groups is 3. The van der Waals surface area contributed by atoms with E-state index in [1.54, 1.807) is 44.2 Å². The third-order valence-electron chi connectivity index (χ3n) is 6.18. The number of benzene rings is 2. The molecule has 0 fully saturated rings. The number of hydrogen-bond donors (Lipinski definition) is 0. The Kier molecular flexibility index (Phi) is 6.31. The van der Waals surface area contributed by atoms with Gasteiger partial charge < -0.3 is 4.74 Å². The van der Waals surface area contributed by atoms with E-state index in [4.69, 9.17) is 4.74 Å². The van der Waals surface area contributed by atoms with E-state index in [1.807, 2.05) is 36.4 Å². The summed E-state index contributed by atoms with van der Waals surface area (Å²) in [5.74, 6) is -1.56. The Labute approximate surface area is 216 Å². The molecule has 0 spiro atoms. The van der Waals surface area contributed by atoms with Gasteiger partial charge in [0.05, 0.1) is 35.2 Å². The quantitative estimate of drug-likeness (QED) is 0.500. The highest BCUT2D eigenvalue weighted by Crippen LogP contribution is 2.35. The van der Waals surface area contributed by atoms with Crippen LogP contribution in [0.15, 0.2) is 81.7 Å². The predicted octanol–water partition coefficient (Wildman–Crippen LogP) is 2.73. The molecule has 0 unspecified atom stereocenters. The zero-order valence-corrected chi connectivity index (χ0v) is 21.2. The van der Waals surface area contributed by atoms with Gasteiger partial charge in [-0.1, -0.05) is 72.0 Å². The maximum absolute atomic E-state index is 13.9. The molecule has 3 heterocycles. The van der Waals surface area contributed by atoms with E-state index in [2.05, 4.69) is 4.99 Å². The summed E-state index contributed by atoms with van der Waals surface area (Å²) >= 11 is 1.06. The van der Waals surface area contributed by atoms with E-state index >= 15 is 0 Å². The first kappa shape index (κ1) is 24.3. The molecule has 2 aromatic carbocycles. The fourth-order valence-electron chi connectivity index (χ4n) is 4.58. The second-order valence-electron chi connectivity index (χ2n) is 8.49. The number of rotatable bonds is 4. The van der Waals surface area contributed by atoms with Gasteiger partial charge in [-0.2, -0.15) is 0 Å². The Balaban J connectivity index is 1.77. The van der Waals surface area contributed by atoms with Crippen molar-refractivity contribution in [3.63, 3.8) is 0 Å². The number of ether oxygens (including phenoxy) is 1. The topological polar surface area (TPSA) is 98.0 Å². The lowest BCUT2D eigenvalue weighted by Gasteiger charge is -2.21. The van der Waals surface area contributed by atoms with E-state index in [1.165, 1.54) is 11.5 Å². The molecule has 0 N–H and O–H groups in total. The summed E-state index contributed by atoms with van der Waals surface area (Å²) in [6.07, 6.45) is 3.59. The minimum Gasteiger partial charge on any atom is -0.463 e. The van der Waals surface area contributed by atoms with Crippen molar-refractivity contribution in [2.75, 3.05) is 11.5 Å². The highest BCUT2D eigenvalue weighted by molar-refractivity contribution is 7.07. The molecule has 0 saturated heterocycles. The van der Waals surface area contributed by atoms with Gasteiger partial charge in [-0.25, -0.2) is 14.7 Å². The van der Waals surface area contributed by atoms with Crippen LogP contribution in [0.1, 0.15) is 37.9 Å². The second kappa shape index (κ2) is 9.59. The lowest BCUT2D eigenvalue weighted by Crippen LogP contribution is -2.40. The Bertz CT molecular complexity index is 1700.